The number of nitrogens with two attached hydrogens (primary N) is 1. The maximum absolute atomic E-state index is 12.0. The third-order valence-electron chi connectivity index (χ3n) is 5.01. The van der Waals surface area contributed by atoms with Gasteiger partial charge in [-0.3, -0.25) is 4.79 Å². The second-order valence-electron chi connectivity index (χ2n) is 7.34. The van der Waals surface area contributed by atoms with Crippen molar-refractivity contribution >= 4 is 33.1 Å². The lowest BCUT2D eigenvalue weighted by molar-refractivity contribution is 0.0996. The van der Waals surface area contributed by atoms with Gasteiger partial charge in [0, 0.05) is 18.0 Å². The van der Waals surface area contributed by atoms with Crippen molar-refractivity contribution in [2.24, 2.45) is 5.73 Å². The number of carbonyl (C=O) groups excluding carboxylic acids is 1. The maximum Gasteiger partial charge on any atom is 0.271 e. The Morgan fingerprint density at radius 2 is 1.90 bits per heavy atom. The number of nitrogens with zero attached hydrogens (tertiary/aromatic N) is 2. The summed E-state index contributed by atoms with van der Waals surface area (Å²) < 4.78 is 23.7. The number of aromatic nitrogens is 2. The number of carbonyl (C=O) groups is 1. The van der Waals surface area contributed by atoms with Crippen LogP contribution in [0.4, 0.5) is 17.3 Å². The molecule has 0 aliphatic heterocycles. The van der Waals surface area contributed by atoms with Crippen LogP contribution in [0.3, 0.4) is 0 Å². The van der Waals surface area contributed by atoms with Gasteiger partial charge in [0.1, 0.15) is 5.82 Å². The molecule has 0 atom stereocenters. The highest BCUT2D eigenvalue weighted by molar-refractivity contribution is 7.90. The first kappa shape index (κ1) is 21.0. The van der Waals surface area contributed by atoms with E-state index in [2.05, 4.69) is 20.6 Å². The van der Waals surface area contributed by atoms with E-state index < -0.39 is 15.7 Å². The van der Waals surface area contributed by atoms with E-state index in [0.717, 1.165) is 19.1 Å². The molecule has 1 aliphatic carbocycles. The molecule has 1 heterocycles. The Morgan fingerprint density at radius 3 is 2.52 bits per heavy atom. The van der Waals surface area contributed by atoms with Crippen LogP contribution in [0.2, 0.25) is 0 Å². The molecule has 156 valence electrons. The van der Waals surface area contributed by atoms with Crippen LogP contribution in [0.5, 0.6) is 0 Å². The number of hydrogen-bond donors (Lipinski definition) is 3. The van der Waals surface area contributed by atoms with Crippen molar-refractivity contribution in [3.63, 3.8) is 0 Å². The lowest BCUT2D eigenvalue weighted by Crippen LogP contribution is -2.25. The van der Waals surface area contributed by atoms with Crippen LogP contribution in [0.25, 0.3) is 0 Å². The molecule has 3 rings (SSSR count). The average Bonchev–Trinajstić information content (AvgIpc) is 2.68. The molecule has 4 N–H and O–H groups in total. The quantitative estimate of drug-likeness (QED) is 0.632. The summed E-state index contributed by atoms with van der Waals surface area (Å²) in [5.74, 6) is 0.142. The summed E-state index contributed by atoms with van der Waals surface area (Å²) in [6, 6.07) is 6.64. The molecule has 0 spiro atoms. The fourth-order valence-corrected chi connectivity index (χ4v) is 4.14. The van der Waals surface area contributed by atoms with Crippen LogP contribution < -0.4 is 16.4 Å². The number of anilines is 3. The van der Waals surface area contributed by atoms with Gasteiger partial charge in [-0.1, -0.05) is 32.3 Å². The number of aryl methyl sites for hydroxylation is 1. The molecule has 0 unspecified atom stereocenters. The lowest BCUT2D eigenvalue weighted by atomic mass is 9.95. The third kappa shape index (κ3) is 5.23. The summed E-state index contributed by atoms with van der Waals surface area (Å²) in [6.45, 7) is 1.95. The van der Waals surface area contributed by atoms with Gasteiger partial charge in [0.25, 0.3) is 5.91 Å². The number of nitrogens with one attached hydrogen (secondary N) is 2. The Kier molecular flexibility index (Phi) is 6.36. The second kappa shape index (κ2) is 8.77. The monoisotopic (exact) mass is 417 g/mol. The van der Waals surface area contributed by atoms with Gasteiger partial charge in [-0.15, -0.1) is 0 Å². The molecular weight excluding hydrogens is 390 g/mol. The molecule has 2 aromatic rings. The predicted octanol–water partition coefficient (Wildman–Crippen LogP) is 3.03. The van der Waals surface area contributed by atoms with Crippen molar-refractivity contribution in [2.75, 3.05) is 16.9 Å². The molecule has 9 heteroatoms. The largest absolute Gasteiger partial charge is 0.366 e. The lowest BCUT2D eigenvalue weighted by Gasteiger charge is -2.24. The number of amides is 1. The van der Waals surface area contributed by atoms with E-state index in [1.807, 2.05) is 6.92 Å². The minimum Gasteiger partial charge on any atom is -0.366 e. The zero-order valence-electron chi connectivity index (χ0n) is 16.7. The molecule has 29 heavy (non-hydrogen) atoms. The molecule has 1 saturated carbocycles. The summed E-state index contributed by atoms with van der Waals surface area (Å²) in [6.07, 6.45) is 7.48. The highest BCUT2D eigenvalue weighted by Crippen LogP contribution is 2.27. The van der Waals surface area contributed by atoms with Crippen LogP contribution in [0.1, 0.15) is 55.2 Å². The molecule has 1 amide bonds. The molecule has 1 aromatic heterocycles. The van der Waals surface area contributed by atoms with Crippen molar-refractivity contribution in [3.8, 4) is 0 Å². The number of primary amides is 1. The first-order chi connectivity index (χ1) is 13.8. The number of hydrogen-bond acceptors (Lipinski definition) is 7. The molecule has 0 radical (unpaired) electrons. The first-order valence-electron chi connectivity index (χ1n) is 9.82. The zero-order valence-corrected chi connectivity index (χ0v) is 17.6. The second-order valence-corrected chi connectivity index (χ2v) is 9.35. The van der Waals surface area contributed by atoms with Crippen LogP contribution >= 0.6 is 0 Å². The molecule has 8 nitrogen and oxygen atoms in total. The number of sulfone groups is 1. The van der Waals surface area contributed by atoms with Crippen molar-refractivity contribution in [2.45, 2.75) is 56.4 Å². The topological polar surface area (TPSA) is 127 Å². The van der Waals surface area contributed by atoms with Gasteiger partial charge in [-0.2, -0.15) is 0 Å². The summed E-state index contributed by atoms with van der Waals surface area (Å²) in [5.41, 5.74) is 6.72. The van der Waals surface area contributed by atoms with E-state index in [1.54, 1.807) is 12.1 Å². The fraction of sp³-hybridized carbons (Fsp3) is 0.450. The van der Waals surface area contributed by atoms with Crippen molar-refractivity contribution in [3.05, 3.63) is 35.7 Å². The number of benzene rings is 1. The molecule has 0 bridgehead atoms. The van der Waals surface area contributed by atoms with E-state index in [0.29, 0.717) is 29.7 Å². The maximum atomic E-state index is 12.0. The predicted molar refractivity (Wildman–Crippen MR) is 113 cm³/mol. The van der Waals surface area contributed by atoms with Crippen molar-refractivity contribution < 1.29 is 13.2 Å². The van der Waals surface area contributed by atoms with Crippen LogP contribution in [0.15, 0.2) is 29.2 Å². The highest BCUT2D eigenvalue weighted by Gasteiger charge is 2.20. The Morgan fingerprint density at radius 1 is 1.17 bits per heavy atom. The van der Waals surface area contributed by atoms with E-state index in [1.165, 1.54) is 31.4 Å². The molecule has 1 fully saturated rings. The van der Waals surface area contributed by atoms with Crippen LogP contribution in [-0.2, 0) is 16.3 Å². The van der Waals surface area contributed by atoms with Gasteiger partial charge >= 0.3 is 0 Å². The van der Waals surface area contributed by atoms with Crippen LogP contribution in [-0.4, -0.2) is 36.6 Å². The summed E-state index contributed by atoms with van der Waals surface area (Å²) in [7, 11) is -3.36. The van der Waals surface area contributed by atoms with Gasteiger partial charge in [0.2, 0.25) is 0 Å². The minimum absolute atomic E-state index is 0.0285. The highest BCUT2D eigenvalue weighted by atomic mass is 32.2. The summed E-state index contributed by atoms with van der Waals surface area (Å²) >= 11 is 0. The van der Waals surface area contributed by atoms with Gasteiger partial charge in [-0.25, -0.2) is 18.4 Å². The van der Waals surface area contributed by atoms with Gasteiger partial charge < -0.3 is 16.4 Å². The van der Waals surface area contributed by atoms with E-state index in [4.69, 9.17) is 5.73 Å². The summed E-state index contributed by atoms with van der Waals surface area (Å²) in [5, 5.41) is 6.48. The minimum atomic E-state index is -3.36. The normalized spacial score (nSPS) is 15.1. The fourth-order valence-electron chi connectivity index (χ4n) is 3.47. The smallest absolute Gasteiger partial charge is 0.271 e. The van der Waals surface area contributed by atoms with Gasteiger partial charge in [0.15, 0.2) is 21.3 Å². The molecular formula is C20H27N5O3S. The van der Waals surface area contributed by atoms with Gasteiger partial charge in [0.05, 0.1) is 10.6 Å². The SMILES string of the molecule is CCc1nc(C(N)=O)c(Nc2cccc(S(C)(=O)=O)c2)nc1NC1CCCCC1. The molecule has 0 saturated heterocycles. The molecule has 1 aliphatic rings. The third-order valence-corrected chi connectivity index (χ3v) is 6.12. The first-order valence-corrected chi connectivity index (χ1v) is 11.7. The Bertz CT molecular complexity index is 1000. The van der Waals surface area contributed by atoms with Crippen molar-refractivity contribution in [1.82, 2.24) is 9.97 Å². The van der Waals surface area contributed by atoms with E-state index >= 15 is 0 Å². The van der Waals surface area contributed by atoms with Gasteiger partial charge in [-0.05, 0) is 37.5 Å². The average molecular weight is 418 g/mol. The van der Waals surface area contributed by atoms with Crippen LogP contribution in [0, 0.1) is 0 Å². The molecule has 1 aromatic carbocycles. The van der Waals surface area contributed by atoms with Crippen molar-refractivity contribution in [1.29, 1.82) is 0 Å². The number of rotatable bonds is 7. The summed E-state index contributed by atoms with van der Waals surface area (Å²) in [4.78, 5) is 21.2. The standard InChI is InChI=1S/C20H27N5O3S/c1-3-16-19(22-13-8-5-4-6-9-13)25-20(17(24-16)18(21)26)23-14-10-7-11-15(12-14)29(2,27)28/h7,10-13H,3-6,8-9H2,1-2H3,(H2,21,26)(H2,22,23,25). The van der Waals surface area contributed by atoms with E-state index in [-0.39, 0.29) is 16.4 Å². The van der Waals surface area contributed by atoms with E-state index in [9.17, 15) is 13.2 Å². The Labute approximate surface area is 171 Å². The Balaban J connectivity index is 1.97. The Hall–Kier alpha value is -2.68. The zero-order chi connectivity index (χ0) is 21.0.